The van der Waals surface area contributed by atoms with Crippen molar-refractivity contribution >= 4 is 22.6 Å². The Morgan fingerprint density at radius 1 is 1.22 bits per heavy atom. The van der Waals surface area contributed by atoms with Crippen molar-refractivity contribution in [3.05, 3.63) is 64.4 Å². The van der Waals surface area contributed by atoms with Gasteiger partial charge in [-0.2, -0.15) is 13.9 Å². The Bertz CT molecular complexity index is 1050. The molecule has 0 amide bonds. The predicted octanol–water partition coefficient (Wildman–Crippen LogP) is 3.85. The first kappa shape index (κ1) is 18.5. The highest BCUT2D eigenvalue weighted by atomic mass is 19.3. The first-order chi connectivity index (χ1) is 13.0. The van der Waals surface area contributed by atoms with Crippen LogP contribution in [0.3, 0.4) is 0 Å². The number of rotatable bonds is 6. The summed E-state index contributed by atoms with van der Waals surface area (Å²) < 4.78 is 31.1. The molecule has 1 N–H and O–H groups in total. The lowest BCUT2D eigenvalue weighted by atomic mass is 10.1. The summed E-state index contributed by atoms with van der Waals surface area (Å²) in [7, 11) is 0. The minimum absolute atomic E-state index is 0.0231. The van der Waals surface area contributed by atoms with E-state index in [-0.39, 0.29) is 17.3 Å². The number of hydrogen-bond donors (Lipinski definition) is 1. The highest BCUT2D eigenvalue weighted by molar-refractivity contribution is 6.01. The van der Waals surface area contributed by atoms with Crippen LogP contribution in [0, 0.1) is 0 Å². The van der Waals surface area contributed by atoms with Crippen LogP contribution < -0.4 is 15.7 Å². The van der Waals surface area contributed by atoms with E-state index in [0.717, 1.165) is 0 Å². The van der Waals surface area contributed by atoms with E-state index < -0.39 is 6.61 Å². The van der Waals surface area contributed by atoms with Gasteiger partial charge >= 0.3 is 6.61 Å². The fraction of sp³-hybridized carbons (Fsp3) is 0.211. The summed E-state index contributed by atoms with van der Waals surface area (Å²) in [5.41, 5.74) is 3.96. The molecule has 6 nitrogen and oxygen atoms in total. The number of nitrogens with one attached hydrogen (secondary N) is 1. The average molecular weight is 372 g/mol. The summed E-state index contributed by atoms with van der Waals surface area (Å²) in [6.45, 7) is 0.944. The molecule has 0 aliphatic heterocycles. The van der Waals surface area contributed by atoms with E-state index in [0.29, 0.717) is 28.7 Å². The monoisotopic (exact) mass is 372 g/mol. The van der Waals surface area contributed by atoms with E-state index >= 15 is 0 Å². The first-order valence-electron chi connectivity index (χ1n) is 8.35. The third-order valence-electron chi connectivity index (χ3n) is 3.99. The molecule has 8 heteroatoms. The van der Waals surface area contributed by atoms with Gasteiger partial charge in [-0.25, -0.2) is 10.4 Å². The number of anilines is 1. The largest absolute Gasteiger partial charge is 0.434 e. The normalized spacial score (nSPS) is 11.8. The average Bonchev–Trinajstić information content (AvgIpc) is 2.66. The van der Waals surface area contributed by atoms with Gasteiger partial charge in [0.15, 0.2) is 0 Å². The van der Waals surface area contributed by atoms with Crippen molar-refractivity contribution < 1.29 is 13.5 Å². The standard InChI is InChI=1S/C19H18F2N4O2/c1-3-25-17(26)14-9-4-6-10-15(14)22-19(25)24-23-12(2)13-8-5-7-11-16(13)27-18(20)21/h4-11,18H,3H2,1-2H3,(H,22,24)/b23-12-. The molecule has 0 bridgehead atoms. The number of hydrazone groups is 1. The molecule has 2 aromatic carbocycles. The maximum absolute atomic E-state index is 12.6. The third-order valence-corrected chi connectivity index (χ3v) is 3.99. The lowest BCUT2D eigenvalue weighted by Gasteiger charge is -2.12. The molecule has 0 unspecified atom stereocenters. The topological polar surface area (TPSA) is 68.5 Å². The van der Waals surface area contributed by atoms with Crippen molar-refractivity contribution in [2.75, 3.05) is 5.43 Å². The Balaban J connectivity index is 1.98. The predicted molar refractivity (Wildman–Crippen MR) is 101 cm³/mol. The zero-order chi connectivity index (χ0) is 19.4. The number of halogens is 2. The maximum Gasteiger partial charge on any atom is 0.387 e. The second-order valence-corrected chi connectivity index (χ2v) is 5.69. The van der Waals surface area contributed by atoms with Crippen LogP contribution in [0.1, 0.15) is 19.4 Å². The fourth-order valence-corrected chi connectivity index (χ4v) is 2.71. The van der Waals surface area contributed by atoms with Crippen LogP contribution >= 0.6 is 0 Å². The molecule has 3 aromatic rings. The molecule has 0 saturated carbocycles. The Kier molecular flexibility index (Phi) is 5.44. The van der Waals surface area contributed by atoms with Gasteiger partial charge in [-0.3, -0.25) is 9.36 Å². The summed E-state index contributed by atoms with van der Waals surface area (Å²) in [6, 6.07) is 13.4. The highest BCUT2D eigenvalue weighted by Crippen LogP contribution is 2.21. The molecule has 0 saturated heterocycles. The molecular weight excluding hydrogens is 354 g/mol. The van der Waals surface area contributed by atoms with E-state index in [1.165, 1.54) is 10.6 Å². The van der Waals surface area contributed by atoms with E-state index in [1.807, 2.05) is 6.92 Å². The summed E-state index contributed by atoms with van der Waals surface area (Å²) in [4.78, 5) is 17.0. The summed E-state index contributed by atoms with van der Waals surface area (Å²) in [6.07, 6.45) is 0. The van der Waals surface area contributed by atoms with Gasteiger partial charge < -0.3 is 4.74 Å². The van der Waals surface area contributed by atoms with Crippen LogP contribution in [0.2, 0.25) is 0 Å². The van der Waals surface area contributed by atoms with Crippen molar-refractivity contribution in [2.45, 2.75) is 27.0 Å². The maximum atomic E-state index is 12.6. The van der Waals surface area contributed by atoms with Gasteiger partial charge in [0.1, 0.15) is 5.75 Å². The van der Waals surface area contributed by atoms with Crippen molar-refractivity contribution in [3.63, 3.8) is 0 Å². The number of para-hydroxylation sites is 2. The van der Waals surface area contributed by atoms with Crippen molar-refractivity contribution in [1.29, 1.82) is 0 Å². The zero-order valence-electron chi connectivity index (χ0n) is 14.8. The number of aromatic nitrogens is 2. The molecule has 140 valence electrons. The minimum Gasteiger partial charge on any atom is -0.434 e. The Labute approximate surface area is 154 Å². The molecule has 27 heavy (non-hydrogen) atoms. The Morgan fingerprint density at radius 3 is 2.67 bits per heavy atom. The Hall–Kier alpha value is -3.29. The minimum atomic E-state index is -2.93. The molecule has 0 fully saturated rings. The summed E-state index contributed by atoms with van der Waals surface area (Å²) >= 11 is 0. The van der Waals surface area contributed by atoms with Crippen molar-refractivity contribution in [3.8, 4) is 5.75 Å². The molecule has 0 spiro atoms. The molecule has 0 aliphatic rings. The number of nitrogens with zero attached hydrogens (tertiary/aromatic N) is 3. The van der Waals surface area contributed by atoms with Gasteiger partial charge in [0, 0.05) is 12.1 Å². The second kappa shape index (κ2) is 7.94. The molecular formula is C19H18F2N4O2. The number of fused-ring (bicyclic) bond motifs is 1. The van der Waals surface area contributed by atoms with Crippen molar-refractivity contribution in [1.82, 2.24) is 9.55 Å². The quantitative estimate of drug-likeness (QED) is 0.527. The zero-order valence-corrected chi connectivity index (χ0v) is 14.8. The van der Waals surface area contributed by atoms with Crippen LogP contribution in [0.4, 0.5) is 14.7 Å². The lowest BCUT2D eigenvalue weighted by Crippen LogP contribution is -2.23. The summed E-state index contributed by atoms with van der Waals surface area (Å²) in [5, 5.41) is 4.72. The Morgan fingerprint density at radius 2 is 1.93 bits per heavy atom. The SMILES string of the molecule is CCn1c(N/N=C(/C)c2ccccc2OC(F)F)nc2ccccc2c1=O. The highest BCUT2D eigenvalue weighted by Gasteiger charge is 2.12. The smallest absolute Gasteiger partial charge is 0.387 e. The van der Waals surface area contributed by atoms with Crippen LogP contribution in [0.25, 0.3) is 10.9 Å². The molecule has 0 radical (unpaired) electrons. The number of alkyl halides is 2. The first-order valence-corrected chi connectivity index (χ1v) is 8.35. The fourth-order valence-electron chi connectivity index (χ4n) is 2.71. The van der Waals surface area contributed by atoms with E-state index in [9.17, 15) is 13.6 Å². The number of benzene rings is 2. The van der Waals surface area contributed by atoms with Gasteiger partial charge in [0.2, 0.25) is 5.95 Å². The van der Waals surface area contributed by atoms with Crippen LogP contribution in [0.15, 0.2) is 58.4 Å². The van der Waals surface area contributed by atoms with Crippen LogP contribution in [-0.2, 0) is 6.54 Å². The lowest BCUT2D eigenvalue weighted by molar-refractivity contribution is -0.0499. The van der Waals surface area contributed by atoms with Crippen molar-refractivity contribution in [2.24, 2.45) is 5.10 Å². The third kappa shape index (κ3) is 3.94. The molecule has 0 aliphatic carbocycles. The van der Waals surface area contributed by atoms with Crippen LogP contribution in [-0.4, -0.2) is 21.9 Å². The van der Waals surface area contributed by atoms with Gasteiger partial charge in [-0.1, -0.05) is 24.3 Å². The summed E-state index contributed by atoms with van der Waals surface area (Å²) in [5.74, 6) is 0.294. The second-order valence-electron chi connectivity index (χ2n) is 5.69. The van der Waals surface area contributed by atoms with Gasteiger partial charge in [0.05, 0.1) is 16.6 Å². The number of hydrogen-bond acceptors (Lipinski definition) is 5. The molecule has 1 heterocycles. The number of ether oxygens (including phenoxy) is 1. The molecule has 1 aromatic heterocycles. The van der Waals surface area contributed by atoms with E-state index in [1.54, 1.807) is 49.4 Å². The molecule has 3 rings (SSSR count). The molecule has 0 atom stereocenters. The van der Waals surface area contributed by atoms with E-state index in [4.69, 9.17) is 0 Å². The van der Waals surface area contributed by atoms with Gasteiger partial charge in [-0.15, -0.1) is 0 Å². The van der Waals surface area contributed by atoms with Crippen LogP contribution in [0.5, 0.6) is 5.75 Å². The van der Waals surface area contributed by atoms with E-state index in [2.05, 4.69) is 20.2 Å². The van der Waals surface area contributed by atoms with Gasteiger partial charge in [-0.05, 0) is 38.1 Å². The van der Waals surface area contributed by atoms with Gasteiger partial charge in [0.25, 0.3) is 5.56 Å².